The van der Waals surface area contributed by atoms with E-state index in [-0.39, 0.29) is 5.91 Å². The van der Waals surface area contributed by atoms with Gasteiger partial charge < -0.3 is 11.1 Å². The Bertz CT molecular complexity index is 643. The number of anilines is 2. The van der Waals surface area contributed by atoms with Crippen LogP contribution in [0.1, 0.15) is 15.9 Å². The summed E-state index contributed by atoms with van der Waals surface area (Å²) in [6.07, 6.45) is 0. The predicted molar refractivity (Wildman–Crippen MR) is 82.7 cm³/mol. The van der Waals surface area contributed by atoms with Gasteiger partial charge in [-0.15, -0.1) is 0 Å². The van der Waals surface area contributed by atoms with Crippen LogP contribution in [0.15, 0.2) is 40.9 Å². The van der Waals surface area contributed by atoms with Gasteiger partial charge in [-0.25, -0.2) is 0 Å². The van der Waals surface area contributed by atoms with Crippen LogP contribution in [0.5, 0.6) is 0 Å². The molecule has 0 radical (unpaired) electrons. The molecule has 0 saturated carbocycles. The van der Waals surface area contributed by atoms with E-state index in [1.165, 1.54) is 0 Å². The van der Waals surface area contributed by atoms with Gasteiger partial charge in [0.1, 0.15) is 0 Å². The van der Waals surface area contributed by atoms with Crippen LogP contribution in [0.25, 0.3) is 0 Å². The summed E-state index contributed by atoms with van der Waals surface area (Å²) < 4.78 is 0.836. The highest BCUT2D eigenvalue weighted by molar-refractivity contribution is 9.10. The molecule has 1 amide bonds. The van der Waals surface area contributed by atoms with Crippen LogP contribution < -0.4 is 11.1 Å². The SMILES string of the molecule is Cc1ccc(NC(=O)c2ccc(Cl)c(N)c2)c(Br)c1. The quantitative estimate of drug-likeness (QED) is 0.804. The number of benzene rings is 2. The highest BCUT2D eigenvalue weighted by Gasteiger charge is 2.09. The molecule has 2 aromatic carbocycles. The van der Waals surface area contributed by atoms with Crippen molar-refractivity contribution in [2.45, 2.75) is 6.92 Å². The van der Waals surface area contributed by atoms with E-state index >= 15 is 0 Å². The van der Waals surface area contributed by atoms with Gasteiger partial charge in [-0.05, 0) is 58.7 Å². The second kappa shape index (κ2) is 5.63. The smallest absolute Gasteiger partial charge is 0.255 e. The van der Waals surface area contributed by atoms with Crippen LogP contribution in [0.4, 0.5) is 11.4 Å². The Balaban J connectivity index is 2.23. The van der Waals surface area contributed by atoms with Gasteiger partial charge in [0.2, 0.25) is 0 Å². The van der Waals surface area contributed by atoms with Gasteiger partial charge in [-0.1, -0.05) is 17.7 Å². The maximum atomic E-state index is 12.1. The van der Waals surface area contributed by atoms with E-state index in [2.05, 4.69) is 21.2 Å². The molecule has 2 aromatic rings. The third-order valence-corrected chi connectivity index (χ3v) is 3.63. The molecule has 0 spiro atoms. The van der Waals surface area contributed by atoms with Crippen molar-refractivity contribution < 1.29 is 4.79 Å². The summed E-state index contributed by atoms with van der Waals surface area (Å²) in [5.74, 6) is -0.229. The third kappa shape index (κ3) is 3.28. The van der Waals surface area contributed by atoms with Crippen LogP contribution in [0.2, 0.25) is 5.02 Å². The topological polar surface area (TPSA) is 55.1 Å². The Morgan fingerprint density at radius 1 is 1.26 bits per heavy atom. The zero-order valence-electron chi connectivity index (χ0n) is 10.2. The van der Waals surface area contributed by atoms with Crippen molar-refractivity contribution in [1.82, 2.24) is 0 Å². The lowest BCUT2D eigenvalue weighted by atomic mass is 10.1. The van der Waals surface area contributed by atoms with Crippen molar-refractivity contribution in [3.63, 3.8) is 0 Å². The van der Waals surface area contributed by atoms with Gasteiger partial charge in [0.05, 0.1) is 16.4 Å². The maximum absolute atomic E-state index is 12.1. The Hall–Kier alpha value is -1.52. The van der Waals surface area contributed by atoms with E-state index in [0.29, 0.717) is 22.0 Å². The minimum Gasteiger partial charge on any atom is -0.398 e. The molecular formula is C14H12BrClN2O. The summed E-state index contributed by atoms with van der Waals surface area (Å²) in [4.78, 5) is 12.1. The van der Waals surface area contributed by atoms with Gasteiger partial charge in [0.15, 0.2) is 0 Å². The van der Waals surface area contributed by atoms with Crippen LogP contribution in [0, 0.1) is 6.92 Å². The van der Waals surface area contributed by atoms with Gasteiger partial charge in [-0.3, -0.25) is 4.79 Å². The van der Waals surface area contributed by atoms with Crippen molar-refractivity contribution in [2.24, 2.45) is 0 Å². The van der Waals surface area contributed by atoms with Crippen LogP contribution in [-0.4, -0.2) is 5.91 Å². The molecule has 2 rings (SSSR count). The number of carbonyl (C=O) groups excluding carboxylic acids is 1. The van der Waals surface area contributed by atoms with Gasteiger partial charge >= 0.3 is 0 Å². The molecule has 0 fully saturated rings. The van der Waals surface area contributed by atoms with Gasteiger partial charge in [-0.2, -0.15) is 0 Å². The lowest BCUT2D eigenvalue weighted by Crippen LogP contribution is -2.12. The highest BCUT2D eigenvalue weighted by Crippen LogP contribution is 2.25. The number of rotatable bonds is 2. The van der Waals surface area contributed by atoms with E-state index < -0.39 is 0 Å². The van der Waals surface area contributed by atoms with Gasteiger partial charge in [0, 0.05) is 10.0 Å². The number of carbonyl (C=O) groups is 1. The first-order valence-corrected chi connectivity index (χ1v) is 6.77. The number of amides is 1. The molecule has 0 aliphatic carbocycles. The molecule has 0 aliphatic rings. The summed E-state index contributed by atoms with van der Waals surface area (Å²) in [7, 11) is 0. The average molecular weight is 340 g/mol. The molecule has 3 N–H and O–H groups in total. The second-order valence-corrected chi connectivity index (χ2v) is 5.44. The second-order valence-electron chi connectivity index (χ2n) is 4.17. The average Bonchev–Trinajstić information content (AvgIpc) is 2.36. The molecule has 0 unspecified atom stereocenters. The number of aryl methyl sites for hydroxylation is 1. The third-order valence-electron chi connectivity index (χ3n) is 2.63. The zero-order chi connectivity index (χ0) is 14.0. The Morgan fingerprint density at radius 3 is 2.63 bits per heavy atom. The molecule has 0 atom stereocenters. The number of nitrogen functional groups attached to an aromatic ring is 1. The molecule has 0 aromatic heterocycles. The van der Waals surface area contributed by atoms with E-state index in [0.717, 1.165) is 10.0 Å². The van der Waals surface area contributed by atoms with Crippen molar-refractivity contribution in [2.75, 3.05) is 11.1 Å². The molecule has 98 valence electrons. The first-order valence-electron chi connectivity index (χ1n) is 5.60. The highest BCUT2D eigenvalue weighted by atomic mass is 79.9. The first kappa shape index (κ1) is 13.9. The lowest BCUT2D eigenvalue weighted by molar-refractivity contribution is 0.102. The van der Waals surface area contributed by atoms with Crippen molar-refractivity contribution in [3.05, 3.63) is 57.0 Å². The number of nitrogens with one attached hydrogen (secondary N) is 1. The van der Waals surface area contributed by atoms with E-state index in [9.17, 15) is 4.79 Å². The van der Waals surface area contributed by atoms with Crippen LogP contribution >= 0.6 is 27.5 Å². The van der Waals surface area contributed by atoms with Crippen molar-refractivity contribution in [1.29, 1.82) is 0 Å². The fourth-order valence-electron chi connectivity index (χ4n) is 1.60. The molecule has 0 saturated heterocycles. The summed E-state index contributed by atoms with van der Waals surface area (Å²) in [5, 5.41) is 3.25. The number of halogens is 2. The zero-order valence-corrected chi connectivity index (χ0v) is 12.5. The fraction of sp³-hybridized carbons (Fsp3) is 0.0714. The standard InChI is InChI=1S/C14H12BrClN2O/c1-8-2-5-13(10(15)6-8)18-14(19)9-3-4-11(16)12(17)7-9/h2-7H,17H2,1H3,(H,18,19). The first-order chi connectivity index (χ1) is 8.97. The van der Waals surface area contributed by atoms with Crippen molar-refractivity contribution in [3.8, 4) is 0 Å². The summed E-state index contributed by atoms with van der Waals surface area (Å²) >= 11 is 9.24. The maximum Gasteiger partial charge on any atom is 0.255 e. The van der Waals surface area contributed by atoms with Gasteiger partial charge in [0.25, 0.3) is 5.91 Å². The summed E-state index contributed by atoms with van der Waals surface area (Å²) in [6, 6.07) is 10.5. The number of hydrogen-bond donors (Lipinski definition) is 2. The molecule has 3 nitrogen and oxygen atoms in total. The molecule has 0 aliphatic heterocycles. The Kier molecular flexibility index (Phi) is 4.12. The molecular weight excluding hydrogens is 328 g/mol. The number of hydrogen-bond acceptors (Lipinski definition) is 2. The van der Waals surface area contributed by atoms with E-state index in [1.54, 1.807) is 18.2 Å². The number of nitrogens with two attached hydrogens (primary N) is 1. The monoisotopic (exact) mass is 338 g/mol. The summed E-state index contributed by atoms with van der Waals surface area (Å²) in [6.45, 7) is 1.98. The normalized spacial score (nSPS) is 10.3. The van der Waals surface area contributed by atoms with E-state index in [1.807, 2.05) is 25.1 Å². The van der Waals surface area contributed by atoms with Crippen molar-refractivity contribution >= 4 is 44.8 Å². The van der Waals surface area contributed by atoms with Crippen LogP contribution in [0.3, 0.4) is 0 Å². The minimum absolute atomic E-state index is 0.229. The molecule has 5 heteroatoms. The fourth-order valence-corrected chi connectivity index (χ4v) is 2.31. The van der Waals surface area contributed by atoms with E-state index in [4.69, 9.17) is 17.3 Å². The molecule has 19 heavy (non-hydrogen) atoms. The summed E-state index contributed by atoms with van der Waals surface area (Å²) in [5.41, 5.74) is 8.36. The molecule has 0 heterocycles. The Labute approximate surface area is 124 Å². The van der Waals surface area contributed by atoms with Crippen LogP contribution in [-0.2, 0) is 0 Å². The predicted octanol–water partition coefficient (Wildman–Crippen LogP) is 4.25. The minimum atomic E-state index is -0.229. The largest absolute Gasteiger partial charge is 0.398 e. The molecule has 0 bridgehead atoms. The lowest BCUT2D eigenvalue weighted by Gasteiger charge is -2.09. The Morgan fingerprint density at radius 2 is 2.00 bits per heavy atom.